The van der Waals surface area contributed by atoms with Gasteiger partial charge in [-0.1, -0.05) is 98.5 Å². The highest BCUT2D eigenvalue weighted by Gasteiger charge is 2.19. The van der Waals surface area contributed by atoms with Crippen molar-refractivity contribution in [1.29, 1.82) is 0 Å². The molecule has 0 aliphatic carbocycles. The van der Waals surface area contributed by atoms with Crippen molar-refractivity contribution in [2.45, 2.75) is 45.3 Å². The third-order valence-electron chi connectivity index (χ3n) is 8.98. The van der Waals surface area contributed by atoms with Crippen LogP contribution < -0.4 is 9.47 Å². The molecule has 0 spiro atoms. The number of esters is 2. The van der Waals surface area contributed by atoms with Crippen LogP contribution >= 0.6 is 0 Å². The first-order valence-corrected chi connectivity index (χ1v) is 21.4. The maximum Gasteiger partial charge on any atom is 0.310 e. The molecule has 0 fully saturated rings. The summed E-state index contributed by atoms with van der Waals surface area (Å²) in [4.78, 5) is 26.2. The largest absolute Gasteiger partial charge is 0.490 e. The van der Waals surface area contributed by atoms with Gasteiger partial charge in [-0.15, -0.1) is 0 Å². The van der Waals surface area contributed by atoms with Crippen molar-refractivity contribution < 1.29 is 38.0 Å². The van der Waals surface area contributed by atoms with Gasteiger partial charge >= 0.3 is 11.9 Å². The number of carbonyl (C=O) groups is 2. The van der Waals surface area contributed by atoms with Gasteiger partial charge in [0, 0.05) is 11.1 Å². The Bertz CT molecular complexity index is 2760. The minimum absolute atomic E-state index is 0.0280. The molecule has 0 aliphatic rings. The summed E-state index contributed by atoms with van der Waals surface area (Å²) in [5, 5.41) is 0. The molecular weight excluding hydrogens is 861 g/mol. The van der Waals surface area contributed by atoms with Gasteiger partial charge in [-0.05, 0) is 174 Å². The number of allylic oxidation sites excluding steroid dienone is 2. The standard InChI is InChI=1S/C61H48O8/c1-7-11-13-15-17-19-21-23-50-33-37-56(38-34-50)66-46-58(44-64-48(5)9-3)68-60(62)42-54-29-25-52(26-30-54)41-53-27-31-55(32-28-53)43-61(63)69-59(45-65-49(6)10-4)47-67-57-39-35-51(36-40-57)24-22-20-18-16-14-12-8-2/h9-10,25-40,58-59H,3-6,41-47H2,1-2H3. The molecule has 4 aromatic rings. The van der Waals surface area contributed by atoms with Crippen LogP contribution in [0.25, 0.3) is 0 Å². The fourth-order valence-electron chi connectivity index (χ4n) is 5.55. The predicted octanol–water partition coefficient (Wildman–Crippen LogP) is 8.54. The number of benzene rings is 4. The van der Waals surface area contributed by atoms with Crippen molar-refractivity contribution in [1.82, 2.24) is 0 Å². The van der Waals surface area contributed by atoms with Crippen molar-refractivity contribution in [2.24, 2.45) is 0 Å². The Morgan fingerprint density at radius 1 is 0.464 bits per heavy atom. The average molecular weight is 909 g/mol. The van der Waals surface area contributed by atoms with Crippen LogP contribution in [0.1, 0.15) is 47.2 Å². The average Bonchev–Trinajstić information content (AvgIpc) is 3.36. The molecule has 0 radical (unpaired) electrons. The molecule has 340 valence electrons. The van der Waals surface area contributed by atoms with Crippen molar-refractivity contribution in [2.75, 3.05) is 26.4 Å². The van der Waals surface area contributed by atoms with Crippen LogP contribution in [0.3, 0.4) is 0 Å². The lowest BCUT2D eigenvalue weighted by Gasteiger charge is -2.19. The summed E-state index contributed by atoms with van der Waals surface area (Å²) in [7, 11) is 0. The molecule has 2 unspecified atom stereocenters. The van der Waals surface area contributed by atoms with Crippen LogP contribution in [0.5, 0.6) is 11.5 Å². The first-order chi connectivity index (χ1) is 33.7. The molecule has 4 aromatic carbocycles. The van der Waals surface area contributed by atoms with Crippen molar-refractivity contribution in [3.63, 3.8) is 0 Å². The van der Waals surface area contributed by atoms with E-state index in [-0.39, 0.29) is 39.3 Å². The molecule has 0 bridgehead atoms. The Morgan fingerprint density at radius 2 is 0.797 bits per heavy atom. The molecule has 0 aromatic heterocycles. The molecule has 8 heteroatoms. The number of ether oxygens (including phenoxy) is 6. The smallest absolute Gasteiger partial charge is 0.310 e. The van der Waals surface area contributed by atoms with Gasteiger partial charge in [-0.25, -0.2) is 0 Å². The van der Waals surface area contributed by atoms with Gasteiger partial charge in [0.1, 0.15) is 49.4 Å². The third kappa shape index (κ3) is 21.8. The van der Waals surface area contributed by atoms with E-state index in [1.54, 1.807) is 62.4 Å². The summed E-state index contributed by atoms with van der Waals surface area (Å²) < 4.78 is 34.6. The van der Waals surface area contributed by atoms with E-state index in [0.29, 0.717) is 29.4 Å². The molecule has 0 N–H and O–H groups in total. The molecule has 0 saturated carbocycles. The third-order valence-corrected chi connectivity index (χ3v) is 8.98. The Labute approximate surface area is 406 Å². The van der Waals surface area contributed by atoms with E-state index in [2.05, 4.69) is 121 Å². The molecule has 0 saturated heterocycles. The van der Waals surface area contributed by atoms with Gasteiger partial charge in [0.25, 0.3) is 0 Å². The van der Waals surface area contributed by atoms with E-state index in [0.717, 1.165) is 33.4 Å². The zero-order chi connectivity index (χ0) is 49.3. The van der Waals surface area contributed by atoms with Gasteiger partial charge < -0.3 is 28.4 Å². The Hall–Kier alpha value is -9.54. The first-order valence-electron chi connectivity index (χ1n) is 21.4. The van der Waals surface area contributed by atoms with Gasteiger partial charge in [-0.3, -0.25) is 9.59 Å². The number of carbonyl (C=O) groups excluding carboxylic acids is 2. The fraction of sp³-hybridized carbons (Fsp3) is 0.180. The Morgan fingerprint density at radius 3 is 1.14 bits per heavy atom. The van der Waals surface area contributed by atoms with Crippen LogP contribution in [0.15, 0.2) is 147 Å². The summed E-state index contributed by atoms with van der Waals surface area (Å²) in [6.07, 6.45) is 2.24. The molecule has 0 heterocycles. The first kappa shape index (κ1) is 52.1. The van der Waals surface area contributed by atoms with E-state index >= 15 is 0 Å². The fourth-order valence-corrected chi connectivity index (χ4v) is 5.55. The molecular formula is C61H48O8. The second-order valence-electron chi connectivity index (χ2n) is 14.3. The SMILES string of the molecule is C=CC(=C)OCC(COc1ccc(C#CC#CC#CC#CC)cc1)OC(=O)Cc1ccc(Cc2ccc(CC(=O)OC(COC(=C)C=C)COc3ccc(C#CC#CC#CC#CC)cc3)cc2)cc1. The highest BCUT2D eigenvalue weighted by atomic mass is 16.6. The normalized spacial score (nSPS) is 9.88. The highest BCUT2D eigenvalue weighted by Crippen LogP contribution is 2.17. The van der Waals surface area contributed by atoms with Crippen molar-refractivity contribution in [3.05, 3.63) is 180 Å². The van der Waals surface area contributed by atoms with Gasteiger partial charge in [0.2, 0.25) is 0 Å². The molecule has 8 nitrogen and oxygen atoms in total. The monoisotopic (exact) mass is 908 g/mol. The second-order valence-corrected chi connectivity index (χ2v) is 14.3. The zero-order valence-corrected chi connectivity index (χ0v) is 38.6. The molecule has 4 rings (SSSR count). The molecule has 0 amide bonds. The summed E-state index contributed by atoms with van der Waals surface area (Å²) >= 11 is 0. The Kier molecular flexibility index (Phi) is 23.1. The predicted molar refractivity (Wildman–Crippen MR) is 269 cm³/mol. The number of hydrogen-bond acceptors (Lipinski definition) is 8. The van der Waals surface area contributed by atoms with Crippen LogP contribution in [-0.2, 0) is 47.8 Å². The summed E-state index contributed by atoms with van der Waals surface area (Å²) in [6, 6.07) is 29.7. The molecule has 0 aliphatic heterocycles. The number of hydrogen-bond donors (Lipinski definition) is 0. The van der Waals surface area contributed by atoms with Gasteiger partial charge in [-0.2, -0.15) is 0 Å². The minimum atomic E-state index is -0.722. The van der Waals surface area contributed by atoms with E-state index < -0.39 is 24.1 Å². The van der Waals surface area contributed by atoms with Gasteiger partial charge in [0.15, 0.2) is 12.2 Å². The quantitative estimate of drug-likeness (QED) is 0.0336. The second kappa shape index (κ2) is 30.6. The maximum atomic E-state index is 13.1. The van der Waals surface area contributed by atoms with E-state index in [1.165, 1.54) is 12.2 Å². The van der Waals surface area contributed by atoms with Crippen LogP contribution in [0.4, 0.5) is 0 Å². The Balaban J connectivity index is 1.26. The van der Waals surface area contributed by atoms with E-state index in [9.17, 15) is 9.59 Å². The van der Waals surface area contributed by atoms with Crippen molar-refractivity contribution in [3.8, 4) is 106 Å². The van der Waals surface area contributed by atoms with Crippen molar-refractivity contribution >= 4 is 11.9 Å². The molecule has 2 atom stereocenters. The summed E-state index contributed by atoms with van der Waals surface area (Å²) in [5.41, 5.74) is 5.14. The van der Waals surface area contributed by atoms with Crippen LogP contribution in [0.2, 0.25) is 0 Å². The lowest BCUT2D eigenvalue weighted by Crippen LogP contribution is -2.30. The minimum Gasteiger partial charge on any atom is -0.490 e. The maximum absolute atomic E-state index is 13.1. The number of rotatable bonds is 22. The van der Waals surface area contributed by atoms with Crippen LogP contribution in [-0.4, -0.2) is 50.6 Å². The molecule has 69 heavy (non-hydrogen) atoms. The van der Waals surface area contributed by atoms with Gasteiger partial charge in [0.05, 0.1) is 12.8 Å². The zero-order valence-electron chi connectivity index (χ0n) is 38.6. The van der Waals surface area contributed by atoms with E-state index in [1.807, 2.05) is 48.5 Å². The van der Waals surface area contributed by atoms with Crippen LogP contribution in [0, 0.1) is 94.7 Å². The summed E-state index contributed by atoms with van der Waals surface area (Å²) in [5.74, 6) is 43.9. The summed E-state index contributed by atoms with van der Waals surface area (Å²) in [6.45, 7) is 18.4. The lowest BCUT2D eigenvalue weighted by molar-refractivity contribution is -0.153. The van der Waals surface area contributed by atoms with E-state index in [4.69, 9.17) is 28.4 Å². The topological polar surface area (TPSA) is 89.5 Å². The lowest BCUT2D eigenvalue weighted by atomic mass is 10.0. The highest BCUT2D eigenvalue weighted by molar-refractivity contribution is 5.73.